The highest BCUT2D eigenvalue weighted by Crippen LogP contribution is 2.12. The van der Waals surface area contributed by atoms with Gasteiger partial charge in [0.15, 0.2) is 0 Å². The van der Waals surface area contributed by atoms with E-state index >= 15 is 0 Å². The van der Waals surface area contributed by atoms with Crippen molar-refractivity contribution in [3.63, 3.8) is 0 Å². The van der Waals surface area contributed by atoms with Gasteiger partial charge in [-0.2, -0.15) is 0 Å². The standard InChI is InChI=1S/C10H21FO/c1-8(2)6-12-7-10(5-11)9(3)4/h8-10H,5-7H2,1-4H3. The Kier molecular flexibility index (Phi) is 6.35. The normalized spacial score (nSPS) is 14.2. The maximum absolute atomic E-state index is 12.4. The van der Waals surface area contributed by atoms with Gasteiger partial charge in [-0.15, -0.1) is 0 Å². The molecule has 0 aliphatic rings. The van der Waals surface area contributed by atoms with Crippen molar-refractivity contribution in [2.24, 2.45) is 17.8 Å². The second kappa shape index (κ2) is 6.41. The van der Waals surface area contributed by atoms with E-state index < -0.39 is 0 Å². The van der Waals surface area contributed by atoms with Crippen molar-refractivity contribution in [2.75, 3.05) is 19.9 Å². The molecule has 0 heterocycles. The molecule has 0 aromatic rings. The zero-order chi connectivity index (χ0) is 9.56. The quantitative estimate of drug-likeness (QED) is 0.604. The second-order valence-corrected chi connectivity index (χ2v) is 4.09. The SMILES string of the molecule is CC(C)COCC(CF)C(C)C. The van der Waals surface area contributed by atoms with Gasteiger partial charge in [0.25, 0.3) is 0 Å². The highest BCUT2D eigenvalue weighted by Gasteiger charge is 2.12. The lowest BCUT2D eigenvalue weighted by Gasteiger charge is -2.17. The van der Waals surface area contributed by atoms with Gasteiger partial charge in [-0.3, -0.25) is 4.39 Å². The van der Waals surface area contributed by atoms with Gasteiger partial charge in [0, 0.05) is 12.5 Å². The van der Waals surface area contributed by atoms with E-state index in [0.29, 0.717) is 18.4 Å². The third kappa shape index (κ3) is 5.53. The molecule has 1 nitrogen and oxygen atoms in total. The fraction of sp³-hybridized carbons (Fsp3) is 1.00. The van der Waals surface area contributed by atoms with Crippen LogP contribution in [0.3, 0.4) is 0 Å². The van der Waals surface area contributed by atoms with E-state index in [1.54, 1.807) is 0 Å². The Morgan fingerprint density at radius 1 is 1.08 bits per heavy atom. The average Bonchev–Trinajstić information content (AvgIpc) is 1.96. The van der Waals surface area contributed by atoms with E-state index in [0.717, 1.165) is 6.61 Å². The molecule has 0 radical (unpaired) electrons. The summed E-state index contributed by atoms with van der Waals surface area (Å²) >= 11 is 0. The van der Waals surface area contributed by atoms with E-state index in [4.69, 9.17) is 4.74 Å². The number of hydrogen-bond donors (Lipinski definition) is 0. The monoisotopic (exact) mass is 176 g/mol. The molecule has 0 N–H and O–H groups in total. The lowest BCUT2D eigenvalue weighted by Crippen LogP contribution is -2.19. The summed E-state index contributed by atoms with van der Waals surface area (Å²) in [7, 11) is 0. The molecule has 0 bridgehead atoms. The van der Waals surface area contributed by atoms with Gasteiger partial charge in [-0.25, -0.2) is 0 Å². The molecule has 1 unspecified atom stereocenters. The van der Waals surface area contributed by atoms with Crippen LogP contribution < -0.4 is 0 Å². The molecule has 0 rings (SSSR count). The van der Waals surface area contributed by atoms with Crippen molar-refractivity contribution in [1.82, 2.24) is 0 Å². The first-order chi connectivity index (χ1) is 5.57. The third-order valence-corrected chi connectivity index (χ3v) is 1.92. The van der Waals surface area contributed by atoms with Crippen LogP contribution in [0.5, 0.6) is 0 Å². The lowest BCUT2D eigenvalue weighted by atomic mass is 9.98. The summed E-state index contributed by atoms with van der Waals surface area (Å²) in [6, 6.07) is 0. The van der Waals surface area contributed by atoms with Crippen LogP contribution in [0, 0.1) is 17.8 Å². The topological polar surface area (TPSA) is 9.23 Å². The molecule has 2 heteroatoms. The highest BCUT2D eigenvalue weighted by molar-refractivity contribution is 4.60. The fourth-order valence-corrected chi connectivity index (χ4v) is 0.870. The van der Waals surface area contributed by atoms with Crippen LogP contribution in [0.2, 0.25) is 0 Å². The summed E-state index contributed by atoms with van der Waals surface area (Å²) in [5.74, 6) is 0.989. The maximum Gasteiger partial charge on any atom is 0.0947 e. The Hall–Kier alpha value is -0.110. The smallest absolute Gasteiger partial charge is 0.0947 e. The van der Waals surface area contributed by atoms with Crippen molar-refractivity contribution >= 4 is 0 Å². The van der Waals surface area contributed by atoms with Crippen molar-refractivity contribution in [2.45, 2.75) is 27.7 Å². The summed E-state index contributed by atoms with van der Waals surface area (Å²) in [5.41, 5.74) is 0. The van der Waals surface area contributed by atoms with E-state index in [-0.39, 0.29) is 12.6 Å². The van der Waals surface area contributed by atoms with E-state index in [1.807, 2.05) is 13.8 Å². The molecule has 0 aromatic heterocycles. The molecule has 74 valence electrons. The van der Waals surface area contributed by atoms with Gasteiger partial charge >= 0.3 is 0 Å². The lowest BCUT2D eigenvalue weighted by molar-refractivity contribution is 0.0561. The largest absolute Gasteiger partial charge is 0.381 e. The third-order valence-electron chi connectivity index (χ3n) is 1.92. The van der Waals surface area contributed by atoms with E-state index in [1.165, 1.54) is 0 Å². The molecule has 12 heavy (non-hydrogen) atoms. The van der Waals surface area contributed by atoms with Gasteiger partial charge in [-0.05, 0) is 11.8 Å². The molecule has 0 aliphatic heterocycles. The summed E-state index contributed by atoms with van der Waals surface area (Å²) < 4.78 is 17.7. The molecule has 0 aliphatic carbocycles. The van der Waals surface area contributed by atoms with Gasteiger partial charge in [0.1, 0.15) is 0 Å². The van der Waals surface area contributed by atoms with Gasteiger partial charge in [0.2, 0.25) is 0 Å². The van der Waals surface area contributed by atoms with E-state index in [9.17, 15) is 4.39 Å². The van der Waals surface area contributed by atoms with Crippen LogP contribution >= 0.6 is 0 Å². The first-order valence-electron chi connectivity index (χ1n) is 4.71. The predicted octanol–water partition coefficient (Wildman–Crippen LogP) is 2.90. The molecule has 0 saturated carbocycles. The Morgan fingerprint density at radius 3 is 2.00 bits per heavy atom. The number of ether oxygens (including phenoxy) is 1. The Bertz CT molecular complexity index is 102. The van der Waals surface area contributed by atoms with Crippen LogP contribution in [0.15, 0.2) is 0 Å². The first-order valence-corrected chi connectivity index (χ1v) is 4.71. The molecule has 0 amide bonds. The number of hydrogen-bond acceptors (Lipinski definition) is 1. The highest BCUT2D eigenvalue weighted by atomic mass is 19.1. The summed E-state index contributed by atoms with van der Waals surface area (Å²) in [6.07, 6.45) is 0. The zero-order valence-corrected chi connectivity index (χ0v) is 8.64. The summed E-state index contributed by atoms with van der Waals surface area (Å²) in [5, 5.41) is 0. The van der Waals surface area contributed by atoms with Crippen LogP contribution in [0.25, 0.3) is 0 Å². The van der Waals surface area contributed by atoms with Gasteiger partial charge in [-0.1, -0.05) is 27.7 Å². The average molecular weight is 176 g/mol. The Balaban J connectivity index is 3.45. The van der Waals surface area contributed by atoms with Crippen molar-refractivity contribution in [3.05, 3.63) is 0 Å². The van der Waals surface area contributed by atoms with Crippen molar-refractivity contribution in [1.29, 1.82) is 0 Å². The minimum absolute atomic E-state index is 0.0729. The molecule has 0 spiro atoms. The van der Waals surface area contributed by atoms with Gasteiger partial charge < -0.3 is 4.74 Å². The Morgan fingerprint density at radius 2 is 1.67 bits per heavy atom. The summed E-state index contributed by atoms with van der Waals surface area (Å²) in [4.78, 5) is 0. The zero-order valence-electron chi connectivity index (χ0n) is 8.64. The van der Waals surface area contributed by atoms with Crippen LogP contribution in [-0.2, 0) is 4.74 Å². The molecular weight excluding hydrogens is 155 g/mol. The number of alkyl halides is 1. The molecule has 0 fully saturated rings. The maximum atomic E-state index is 12.4. The summed E-state index contributed by atoms with van der Waals surface area (Å²) in [6.45, 7) is 9.29. The number of rotatable bonds is 6. The predicted molar refractivity (Wildman–Crippen MR) is 50.0 cm³/mol. The second-order valence-electron chi connectivity index (χ2n) is 4.09. The molecule has 0 aromatic carbocycles. The minimum atomic E-state index is -0.268. The van der Waals surface area contributed by atoms with Gasteiger partial charge in [0.05, 0.1) is 13.3 Å². The molecule has 0 saturated heterocycles. The Labute approximate surface area is 75.3 Å². The number of halogens is 1. The fourth-order valence-electron chi connectivity index (χ4n) is 0.870. The van der Waals surface area contributed by atoms with E-state index in [2.05, 4.69) is 13.8 Å². The molecular formula is C10H21FO. The van der Waals surface area contributed by atoms with Crippen LogP contribution in [-0.4, -0.2) is 19.9 Å². The van der Waals surface area contributed by atoms with Crippen molar-refractivity contribution in [3.8, 4) is 0 Å². The first kappa shape index (κ1) is 11.9. The minimum Gasteiger partial charge on any atom is -0.381 e. The van der Waals surface area contributed by atoms with Crippen LogP contribution in [0.4, 0.5) is 4.39 Å². The molecule has 1 atom stereocenters. The van der Waals surface area contributed by atoms with Crippen LogP contribution in [0.1, 0.15) is 27.7 Å². The van der Waals surface area contributed by atoms with Crippen molar-refractivity contribution < 1.29 is 9.13 Å².